The van der Waals surface area contributed by atoms with Crippen molar-refractivity contribution in [1.29, 1.82) is 0 Å². The van der Waals surface area contributed by atoms with E-state index in [0.29, 0.717) is 19.0 Å². The molecule has 0 unspecified atom stereocenters. The Morgan fingerprint density at radius 2 is 1.91 bits per heavy atom. The van der Waals surface area contributed by atoms with Gasteiger partial charge in [-0.2, -0.15) is 0 Å². The van der Waals surface area contributed by atoms with Gasteiger partial charge in [-0.3, -0.25) is 9.59 Å². The Hall–Kier alpha value is -3.98. The van der Waals surface area contributed by atoms with Crippen LogP contribution in [0, 0.1) is 17.5 Å². The molecule has 0 aliphatic rings. The number of unbranched alkanes of at least 4 members (excludes halogenated alkanes) is 1. The van der Waals surface area contributed by atoms with Crippen LogP contribution in [-0.4, -0.2) is 25.5 Å². The largest absolute Gasteiger partial charge is 0.453 e. The zero-order valence-corrected chi connectivity index (χ0v) is 19.3. The molecule has 0 atom stereocenters. The van der Waals surface area contributed by atoms with Crippen molar-refractivity contribution in [2.45, 2.75) is 33.1 Å². The fourth-order valence-electron chi connectivity index (χ4n) is 3.64. The minimum atomic E-state index is -1.06. The predicted octanol–water partition coefficient (Wildman–Crippen LogP) is 6.14. The van der Waals surface area contributed by atoms with Crippen LogP contribution in [0.4, 0.5) is 24.5 Å². The van der Waals surface area contributed by atoms with Gasteiger partial charge in [-0.1, -0.05) is 18.5 Å². The summed E-state index contributed by atoms with van der Waals surface area (Å²) in [6.07, 6.45) is 1.88. The van der Waals surface area contributed by atoms with E-state index in [1.54, 1.807) is 0 Å². The number of nitrogens with one attached hydrogen (secondary N) is 1. The maximum absolute atomic E-state index is 15.0. The summed E-state index contributed by atoms with van der Waals surface area (Å²) < 4.78 is 49.5. The zero-order valence-electron chi connectivity index (χ0n) is 19.3. The second-order valence-electron chi connectivity index (χ2n) is 7.82. The number of anilines is 2. The van der Waals surface area contributed by atoms with Crippen LogP contribution in [0.15, 0.2) is 44.7 Å². The lowest BCUT2D eigenvalue weighted by Gasteiger charge is -2.21. The average Bonchev–Trinajstić information content (AvgIpc) is 2.81. The van der Waals surface area contributed by atoms with Crippen molar-refractivity contribution < 1.29 is 22.4 Å². The zero-order chi connectivity index (χ0) is 25.5. The van der Waals surface area contributed by atoms with E-state index in [9.17, 15) is 22.8 Å². The minimum absolute atomic E-state index is 0.0130. The van der Waals surface area contributed by atoms with Gasteiger partial charge in [0.2, 0.25) is 5.91 Å². The highest BCUT2D eigenvalue weighted by atomic mass is 19.1. The number of nitrogens with zero attached hydrogens (tertiary/aromatic N) is 4. The lowest BCUT2D eigenvalue weighted by atomic mass is 10.1. The standard InChI is InChI=1S/C24H24F3N5O3/c1-3-4-8-29-23-17(26)12-18(27)24-22(23)20(34)13-21(35-24)15-6-7-19(16(25)11-15)32(14(2)33)10-5-9-30-31-28/h6-7,11-13,29H,3-5,8-10H2,1-2H3. The number of rotatable bonds is 10. The first-order chi connectivity index (χ1) is 16.8. The number of hydrogen-bond acceptors (Lipinski definition) is 5. The third-order valence-electron chi connectivity index (χ3n) is 5.35. The monoisotopic (exact) mass is 487 g/mol. The third kappa shape index (κ3) is 5.75. The molecule has 184 valence electrons. The van der Waals surface area contributed by atoms with Crippen LogP contribution in [0.25, 0.3) is 32.7 Å². The van der Waals surface area contributed by atoms with E-state index in [1.165, 1.54) is 24.0 Å². The Labute approximate surface area is 199 Å². The number of benzene rings is 2. The highest BCUT2D eigenvalue weighted by molar-refractivity contribution is 5.93. The van der Waals surface area contributed by atoms with Crippen molar-refractivity contribution >= 4 is 28.3 Å². The van der Waals surface area contributed by atoms with Gasteiger partial charge in [0.25, 0.3) is 0 Å². The molecule has 0 radical (unpaired) electrons. The molecule has 0 aliphatic carbocycles. The molecule has 0 saturated heterocycles. The molecule has 8 nitrogen and oxygen atoms in total. The summed E-state index contributed by atoms with van der Waals surface area (Å²) in [4.78, 5) is 28.7. The molecule has 3 aromatic rings. The quantitative estimate of drug-likeness (QED) is 0.160. The Bertz CT molecular complexity index is 1350. The molecule has 0 spiro atoms. The Morgan fingerprint density at radius 3 is 2.57 bits per heavy atom. The maximum Gasteiger partial charge on any atom is 0.223 e. The van der Waals surface area contributed by atoms with Crippen LogP contribution in [0.1, 0.15) is 33.1 Å². The van der Waals surface area contributed by atoms with Crippen molar-refractivity contribution in [3.05, 3.63) is 68.4 Å². The van der Waals surface area contributed by atoms with E-state index in [2.05, 4.69) is 15.3 Å². The average molecular weight is 487 g/mol. The van der Waals surface area contributed by atoms with Gasteiger partial charge in [0, 0.05) is 49.2 Å². The van der Waals surface area contributed by atoms with Gasteiger partial charge >= 0.3 is 0 Å². The summed E-state index contributed by atoms with van der Waals surface area (Å²) in [5.74, 6) is -3.27. The third-order valence-corrected chi connectivity index (χ3v) is 5.35. The van der Waals surface area contributed by atoms with Crippen molar-refractivity contribution in [3.8, 4) is 11.3 Å². The smallest absolute Gasteiger partial charge is 0.223 e. The van der Waals surface area contributed by atoms with Gasteiger partial charge in [0.1, 0.15) is 17.4 Å². The molecule has 0 bridgehead atoms. The fraction of sp³-hybridized carbons (Fsp3) is 0.333. The second kappa shape index (κ2) is 11.4. The molecule has 1 amide bonds. The van der Waals surface area contributed by atoms with Crippen molar-refractivity contribution in [1.82, 2.24) is 0 Å². The van der Waals surface area contributed by atoms with Crippen molar-refractivity contribution in [2.24, 2.45) is 5.11 Å². The van der Waals surface area contributed by atoms with Crippen molar-refractivity contribution in [3.63, 3.8) is 0 Å². The van der Waals surface area contributed by atoms with E-state index < -0.39 is 34.4 Å². The number of carbonyl (C=O) groups is 1. The molecule has 0 fully saturated rings. The van der Waals surface area contributed by atoms with Crippen LogP contribution >= 0.6 is 0 Å². The number of fused-ring (bicyclic) bond motifs is 1. The molecule has 0 aliphatic heterocycles. The summed E-state index contributed by atoms with van der Waals surface area (Å²) in [7, 11) is 0. The van der Waals surface area contributed by atoms with Gasteiger partial charge in [0.15, 0.2) is 16.8 Å². The summed E-state index contributed by atoms with van der Waals surface area (Å²) in [5.41, 5.74) is 7.20. The summed E-state index contributed by atoms with van der Waals surface area (Å²) >= 11 is 0. The van der Waals surface area contributed by atoms with Gasteiger partial charge in [-0.25, -0.2) is 13.2 Å². The van der Waals surface area contributed by atoms with Crippen LogP contribution in [0.2, 0.25) is 0 Å². The highest BCUT2D eigenvalue weighted by Gasteiger charge is 2.21. The van der Waals surface area contributed by atoms with Gasteiger partial charge in [-0.05, 0) is 36.6 Å². The first-order valence-electron chi connectivity index (χ1n) is 11.1. The normalized spacial score (nSPS) is 10.8. The van der Waals surface area contributed by atoms with Crippen molar-refractivity contribution in [2.75, 3.05) is 29.9 Å². The van der Waals surface area contributed by atoms with E-state index in [4.69, 9.17) is 9.95 Å². The number of halogens is 3. The summed E-state index contributed by atoms with van der Waals surface area (Å²) in [6.45, 7) is 3.88. The number of carbonyl (C=O) groups excluding carboxylic acids is 1. The molecule has 0 saturated carbocycles. The topological polar surface area (TPSA) is 111 Å². The van der Waals surface area contributed by atoms with Gasteiger partial charge in [0.05, 0.1) is 16.8 Å². The lowest BCUT2D eigenvalue weighted by Crippen LogP contribution is -2.30. The van der Waals surface area contributed by atoms with Crippen LogP contribution < -0.4 is 15.6 Å². The molecule has 3 rings (SSSR count). The van der Waals surface area contributed by atoms with Gasteiger partial charge in [-0.15, -0.1) is 0 Å². The maximum atomic E-state index is 15.0. The molecular formula is C24H24F3N5O3. The van der Waals surface area contributed by atoms with Gasteiger partial charge < -0.3 is 14.6 Å². The molecular weight excluding hydrogens is 463 g/mol. The van der Waals surface area contributed by atoms with Crippen LogP contribution in [-0.2, 0) is 4.79 Å². The highest BCUT2D eigenvalue weighted by Crippen LogP contribution is 2.32. The predicted molar refractivity (Wildman–Crippen MR) is 128 cm³/mol. The summed E-state index contributed by atoms with van der Waals surface area (Å²) in [6, 6.07) is 5.50. The van der Waals surface area contributed by atoms with E-state index in [1.807, 2.05) is 6.92 Å². The number of azide groups is 1. The minimum Gasteiger partial charge on any atom is -0.453 e. The Kier molecular flexibility index (Phi) is 8.38. The molecule has 1 heterocycles. The molecule has 1 N–H and O–H groups in total. The number of hydrogen-bond donors (Lipinski definition) is 1. The van der Waals surface area contributed by atoms with E-state index in [-0.39, 0.29) is 41.2 Å². The summed E-state index contributed by atoms with van der Waals surface area (Å²) in [5, 5.41) is 5.95. The molecule has 35 heavy (non-hydrogen) atoms. The number of amides is 1. The molecule has 2 aromatic carbocycles. The van der Waals surface area contributed by atoms with Crippen LogP contribution in [0.5, 0.6) is 0 Å². The Balaban J connectivity index is 2.01. The van der Waals surface area contributed by atoms with E-state index >= 15 is 0 Å². The molecule has 1 aromatic heterocycles. The Morgan fingerprint density at radius 1 is 1.14 bits per heavy atom. The first-order valence-corrected chi connectivity index (χ1v) is 11.1. The first kappa shape index (κ1) is 25.6. The second-order valence-corrected chi connectivity index (χ2v) is 7.82. The van der Waals surface area contributed by atoms with Crippen LogP contribution in [0.3, 0.4) is 0 Å². The lowest BCUT2D eigenvalue weighted by molar-refractivity contribution is -0.116. The van der Waals surface area contributed by atoms with E-state index in [0.717, 1.165) is 25.0 Å². The molecule has 11 heteroatoms. The SMILES string of the molecule is CCCCNc1c(F)cc(F)c2oc(-c3ccc(N(CCCN=[N+]=[N-])C(C)=O)c(F)c3)cc(=O)c12. The fourth-order valence-corrected chi connectivity index (χ4v) is 3.64.